The van der Waals surface area contributed by atoms with Gasteiger partial charge in [0.2, 0.25) is 5.91 Å². The van der Waals surface area contributed by atoms with Gasteiger partial charge in [-0.15, -0.1) is 0 Å². The first-order valence-electron chi connectivity index (χ1n) is 8.05. The molecule has 0 fully saturated rings. The highest BCUT2D eigenvalue weighted by molar-refractivity contribution is 5.92. The molecule has 0 atom stereocenters. The first-order chi connectivity index (χ1) is 14.3. The molecule has 0 unspecified atom stereocenters. The van der Waals surface area contributed by atoms with Gasteiger partial charge in [-0.05, 0) is 24.3 Å². The maximum absolute atomic E-state index is 10.9. The van der Waals surface area contributed by atoms with Crippen LogP contribution < -0.4 is 22.7 Å². The van der Waals surface area contributed by atoms with Crippen molar-refractivity contribution < 1.29 is 14.7 Å². The van der Waals surface area contributed by atoms with Gasteiger partial charge in [-0.2, -0.15) is 0 Å². The molecular formula is C17H15N7O6. The third-order valence-corrected chi connectivity index (χ3v) is 3.27. The molecule has 4 aromatic heterocycles. The van der Waals surface area contributed by atoms with Gasteiger partial charge in [0.15, 0.2) is 0 Å². The van der Waals surface area contributed by atoms with Gasteiger partial charge >= 0.3 is 17.3 Å². The van der Waals surface area contributed by atoms with Gasteiger partial charge in [-0.1, -0.05) is 0 Å². The number of nitrogens with two attached hydrogens (primary N) is 1. The number of hydrogen-bond donors (Lipinski definition) is 6. The van der Waals surface area contributed by atoms with E-state index < -0.39 is 28.8 Å². The van der Waals surface area contributed by atoms with Crippen LogP contribution in [0.4, 0.5) is 0 Å². The predicted octanol–water partition coefficient (Wildman–Crippen LogP) is -0.807. The lowest BCUT2D eigenvalue weighted by atomic mass is 10.3. The molecule has 4 aromatic rings. The minimum Gasteiger partial charge on any atom is -0.478 e. The molecule has 0 saturated heterocycles. The summed E-state index contributed by atoms with van der Waals surface area (Å²) >= 11 is 0. The average Bonchev–Trinajstić information content (AvgIpc) is 3.11. The van der Waals surface area contributed by atoms with Gasteiger partial charge in [0, 0.05) is 24.8 Å². The molecule has 0 aliphatic rings. The number of fused-ring (bicyclic) bond motifs is 1. The zero-order chi connectivity index (χ0) is 22.1. The second kappa shape index (κ2) is 9.93. The molecule has 154 valence electrons. The second-order valence-corrected chi connectivity index (χ2v) is 5.39. The number of carboxylic acid groups (broad SMARTS) is 1. The Hall–Kier alpha value is -4.81. The summed E-state index contributed by atoms with van der Waals surface area (Å²) in [6.45, 7) is 0. The van der Waals surface area contributed by atoms with E-state index in [1.165, 1.54) is 24.7 Å². The van der Waals surface area contributed by atoms with E-state index in [2.05, 4.69) is 24.9 Å². The Labute approximate surface area is 165 Å². The van der Waals surface area contributed by atoms with Crippen LogP contribution in [0.3, 0.4) is 0 Å². The van der Waals surface area contributed by atoms with Crippen LogP contribution >= 0.6 is 0 Å². The fourth-order valence-corrected chi connectivity index (χ4v) is 1.96. The highest BCUT2D eigenvalue weighted by Crippen LogP contribution is 1.93. The fourth-order valence-electron chi connectivity index (χ4n) is 1.96. The summed E-state index contributed by atoms with van der Waals surface area (Å²) in [6.07, 6.45) is 5.86. The number of carboxylic acids is 1. The van der Waals surface area contributed by atoms with E-state index in [-0.39, 0.29) is 16.7 Å². The summed E-state index contributed by atoms with van der Waals surface area (Å²) in [6, 6.07) is 6.37. The van der Waals surface area contributed by atoms with Crippen LogP contribution in [-0.2, 0) is 0 Å². The Kier molecular flexibility index (Phi) is 7.11. The van der Waals surface area contributed by atoms with Gasteiger partial charge < -0.3 is 10.8 Å². The van der Waals surface area contributed by atoms with Crippen LogP contribution in [0.5, 0.6) is 0 Å². The van der Waals surface area contributed by atoms with Crippen molar-refractivity contribution in [2.45, 2.75) is 0 Å². The molecular weight excluding hydrogens is 398 g/mol. The number of rotatable bonds is 2. The predicted molar refractivity (Wildman–Crippen MR) is 104 cm³/mol. The van der Waals surface area contributed by atoms with E-state index in [0.29, 0.717) is 5.56 Å². The maximum Gasteiger partial charge on any atom is 0.337 e. The van der Waals surface area contributed by atoms with Crippen LogP contribution in [0.25, 0.3) is 11.2 Å². The monoisotopic (exact) mass is 413 g/mol. The number of aromatic amines is 4. The molecule has 30 heavy (non-hydrogen) atoms. The lowest BCUT2D eigenvalue weighted by molar-refractivity contribution is 0.0696. The molecule has 0 spiro atoms. The summed E-state index contributed by atoms with van der Waals surface area (Å²) in [5.41, 5.74) is 3.94. The third-order valence-electron chi connectivity index (χ3n) is 3.27. The molecule has 0 bridgehead atoms. The van der Waals surface area contributed by atoms with Crippen LogP contribution in [0.1, 0.15) is 20.7 Å². The fraction of sp³-hybridized carbons (Fsp3) is 0. The molecule has 7 N–H and O–H groups in total. The van der Waals surface area contributed by atoms with Gasteiger partial charge in [0.05, 0.1) is 11.1 Å². The van der Waals surface area contributed by atoms with Crippen molar-refractivity contribution in [3.05, 3.63) is 91.5 Å². The van der Waals surface area contributed by atoms with Crippen LogP contribution in [0.2, 0.25) is 0 Å². The third kappa shape index (κ3) is 6.12. The Morgan fingerprint density at radius 2 is 1.37 bits per heavy atom. The van der Waals surface area contributed by atoms with Crippen LogP contribution in [0, 0.1) is 0 Å². The highest BCUT2D eigenvalue weighted by atomic mass is 16.4. The average molecular weight is 413 g/mol. The first-order valence-corrected chi connectivity index (χ1v) is 8.05. The number of carbonyl (C=O) groups excluding carboxylic acids is 1. The van der Waals surface area contributed by atoms with Crippen molar-refractivity contribution in [3.8, 4) is 0 Å². The van der Waals surface area contributed by atoms with Crippen molar-refractivity contribution in [1.82, 2.24) is 29.9 Å². The van der Waals surface area contributed by atoms with Gasteiger partial charge in [-0.25, -0.2) is 14.4 Å². The Morgan fingerprint density at radius 3 is 1.77 bits per heavy atom. The number of H-pyrrole nitrogens is 4. The Bertz CT molecular complexity index is 1260. The van der Waals surface area contributed by atoms with Crippen LogP contribution in [-0.4, -0.2) is 46.9 Å². The molecule has 13 nitrogen and oxygen atoms in total. The Balaban J connectivity index is 0.000000163. The molecule has 0 radical (unpaired) electrons. The van der Waals surface area contributed by atoms with Crippen molar-refractivity contribution in [2.24, 2.45) is 5.73 Å². The number of nitrogens with zero attached hydrogens (tertiary/aromatic N) is 2. The molecule has 4 heterocycles. The Morgan fingerprint density at radius 1 is 0.833 bits per heavy atom. The van der Waals surface area contributed by atoms with Crippen molar-refractivity contribution in [2.75, 3.05) is 0 Å². The van der Waals surface area contributed by atoms with E-state index in [4.69, 9.17) is 10.8 Å². The molecule has 13 heteroatoms. The normalized spacial score (nSPS) is 9.60. The number of aromatic carboxylic acids is 1. The number of nitrogens with one attached hydrogen (secondary N) is 4. The van der Waals surface area contributed by atoms with E-state index in [9.17, 15) is 24.0 Å². The van der Waals surface area contributed by atoms with Crippen LogP contribution in [0.15, 0.2) is 63.4 Å². The number of pyridine rings is 2. The number of hydrogen-bond acceptors (Lipinski definition) is 7. The lowest BCUT2D eigenvalue weighted by Gasteiger charge is -1.88. The molecule has 0 aliphatic heterocycles. The number of primary amides is 1. The summed E-state index contributed by atoms with van der Waals surface area (Å²) < 4.78 is 0. The second-order valence-electron chi connectivity index (χ2n) is 5.39. The number of amides is 1. The summed E-state index contributed by atoms with van der Waals surface area (Å²) in [4.78, 5) is 68.9. The zero-order valence-electron chi connectivity index (χ0n) is 15.1. The standard InChI is InChI=1S/C6H6N2O.C6H5NO2.C5H4N4O3/c7-6(9)5-2-1-3-8-4-5;8-6(9)5-2-1-3-7-4-5;10-3-1-2(7-4(11)6-1)8-5(12)9-3/h1-4H,(H2,7,9);1-4H,(H,8,9);(H4,6,7,8,9,10,11,12). The quantitative estimate of drug-likeness (QED) is 0.243. The minimum absolute atomic E-state index is 0.0413. The van der Waals surface area contributed by atoms with E-state index in [1.807, 2.05) is 4.98 Å². The zero-order valence-corrected chi connectivity index (χ0v) is 15.1. The van der Waals surface area contributed by atoms with E-state index >= 15 is 0 Å². The van der Waals surface area contributed by atoms with Crippen molar-refractivity contribution in [3.63, 3.8) is 0 Å². The van der Waals surface area contributed by atoms with Crippen molar-refractivity contribution in [1.29, 1.82) is 0 Å². The van der Waals surface area contributed by atoms with E-state index in [1.54, 1.807) is 24.4 Å². The molecule has 4 rings (SSSR count). The summed E-state index contributed by atoms with van der Waals surface area (Å²) in [7, 11) is 0. The highest BCUT2D eigenvalue weighted by Gasteiger charge is 2.02. The molecule has 0 saturated carbocycles. The summed E-state index contributed by atoms with van der Waals surface area (Å²) in [5.74, 6) is -1.38. The van der Waals surface area contributed by atoms with Gasteiger partial charge in [0.25, 0.3) is 5.56 Å². The van der Waals surface area contributed by atoms with Gasteiger partial charge in [0.1, 0.15) is 11.2 Å². The molecule has 1 amide bonds. The minimum atomic E-state index is -0.942. The smallest absolute Gasteiger partial charge is 0.337 e. The number of imidazole rings is 1. The SMILES string of the molecule is NC(=O)c1cccnc1.O=C(O)c1cccnc1.O=c1[nH]c(=O)c2[nH]c(=O)[nH]c2[nH]1. The van der Waals surface area contributed by atoms with Gasteiger partial charge in [-0.3, -0.25) is 39.5 Å². The maximum atomic E-state index is 10.9. The van der Waals surface area contributed by atoms with Crippen molar-refractivity contribution >= 4 is 23.0 Å². The number of aromatic nitrogens is 6. The number of carbonyl (C=O) groups is 2. The lowest BCUT2D eigenvalue weighted by Crippen LogP contribution is -2.21. The molecule has 0 aromatic carbocycles. The first kappa shape index (κ1) is 21.5. The topological polar surface area (TPSA) is 221 Å². The molecule has 0 aliphatic carbocycles. The van der Waals surface area contributed by atoms with E-state index in [0.717, 1.165) is 0 Å². The largest absolute Gasteiger partial charge is 0.478 e. The summed E-state index contributed by atoms with van der Waals surface area (Å²) in [5, 5.41) is 8.34.